The zero-order chi connectivity index (χ0) is 58.4. The van der Waals surface area contributed by atoms with Crippen molar-refractivity contribution in [2.45, 2.75) is 224 Å². The summed E-state index contributed by atoms with van der Waals surface area (Å²) in [4.78, 5) is 39.5. The average Bonchev–Trinajstić information content (AvgIpc) is 3.29. The molecule has 3 aliphatic heterocycles. The Balaban J connectivity index is 1.12. The Bertz CT molecular complexity index is 2290. The van der Waals surface area contributed by atoms with Crippen LogP contribution in [0.2, 0.25) is 0 Å². The molecule has 0 unspecified atom stereocenters. The Morgan fingerprint density at radius 3 is 1.76 bits per heavy atom. The third-order valence-corrected chi connectivity index (χ3v) is 21.1. The molecule has 0 spiro atoms. The number of hydrogen-bond acceptors (Lipinski definition) is 23. The summed E-state index contributed by atoms with van der Waals surface area (Å²) >= 11 is 0. The van der Waals surface area contributed by atoms with E-state index in [2.05, 4.69) is 26.8 Å². The fourth-order valence-electron chi connectivity index (χ4n) is 16.2. The topological polar surface area (TPSA) is 388 Å². The first-order valence-corrected chi connectivity index (χ1v) is 27.7. The molecule has 0 bridgehead atoms. The third kappa shape index (κ3) is 9.94. The normalized spacial score (nSPS) is 50.6. The van der Waals surface area contributed by atoms with Crippen molar-refractivity contribution in [2.24, 2.45) is 50.2 Å². The molecule has 24 heteroatoms. The molecular formula is C55H86O24. The number of carboxylic acid groups (broad SMARTS) is 1. The van der Waals surface area contributed by atoms with Gasteiger partial charge in [-0.25, -0.2) is 9.59 Å². The van der Waals surface area contributed by atoms with Gasteiger partial charge in [0, 0.05) is 23.3 Å². The number of aliphatic carboxylic acids is 1. The molecule has 8 rings (SSSR count). The minimum atomic E-state index is -2.18. The molecule has 0 radical (unpaired) electrons. The number of carboxylic acids is 1. The predicted octanol–water partition coefficient (Wildman–Crippen LogP) is -1.32. The van der Waals surface area contributed by atoms with Gasteiger partial charge in [-0.2, -0.15) is 0 Å². The summed E-state index contributed by atoms with van der Waals surface area (Å²) in [5.74, 6) is -3.88. The lowest BCUT2D eigenvalue weighted by Gasteiger charge is -2.72. The summed E-state index contributed by atoms with van der Waals surface area (Å²) in [5, 5.41) is 143. The number of aliphatic hydroxyl groups excluding tert-OH is 12. The standard InChI is InChI=1S/C55H86O24/c1-10-23(2)46(71)79-43-44(72-24(3)60)55(22-59)26(17-50(43,4)5)25-11-12-30-51(6)15-14-32(52(7,21-58)29(51)13-16-53(30,8)54(25,9)18-31(55)61)75-49-41(77-48-38(67)36(65)34(63)28(20-57)74-48)39(68)40(42(78-49)45(69)70)76-47-37(66)35(64)33(62)27(19-56)73-47/h10-11,26-44,47-49,56-59,61-68H,12-22H2,1-9H3,(H,69,70)/b23-10-/t26-,27-,28-,29+,30-,31+,32-,33-,34-,35+,36+,37-,38-,39+,40+,41-,42+,43+,44-,47+,48-,49+,51+,52-,53-,54-,55+/m0/s1. The van der Waals surface area contributed by atoms with E-state index >= 15 is 0 Å². The van der Waals surface area contributed by atoms with Crippen molar-refractivity contribution in [1.82, 2.24) is 0 Å². The molecule has 0 amide bonds. The fraction of sp³-hybridized carbons (Fsp3) is 0.873. The number of carbonyl (C=O) groups excluding carboxylic acids is 2. The minimum absolute atomic E-state index is 0.0849. The first-order valence-electron chi connectivity index (χ1n) is 27.7. The second-order valence-electron chi connectivity index (χ2n) is 25.5. The van der Waals surface area contributed by atoms with Crippen molar-refractivity contribution in [1.29, 1.82) is 0 Å². The second kappa shape index (κ2) is 22.6. The van der Waals surface area contributed by atoms with Gasteiger partial charge in [0.1, 0.15) is 79.4 Å². The number of allylic oxidation sites excluding steroid dienone is 3. The lowest BCUT2D eigenvalue weighted by molar-refractivity contribution is -0.392. The van der Waals surface area contributed by atoms with Gasteiger partial charge < -0.3 is 104 Å². The van der Waals surface area contributed by atoms with Crippen LogP contribution in [0, 0.1) is 50.2 Å². The summed E-state index contributed by atoms with van der Waals surface area (Å²) < 4.78 is 48.2. The fourth-order valence-corrected chi connectivity index (χ4v) is 16.2. The molecule has 0 aromatic heterocycles. The number of fused-ring (bicyclic) bond motifs is 7. The number of hydrogen-bond donors (Lipinski definition) is 13. The van der Waals surface area contributed by atoms with Gasteiger partial charge in [0.05, 0.1) is 44.1 Å². The van der Waals surface area contributed by atoms with Crippen LogP contribution in [-0.2, 0) is 52.3 Å². The molecule has 79 heavy (non-hydrogen) atoms. The van der Waals surface area contributed by atoms with Crippen molar-refractivity contribution in [3.8, 4) is 0 Å². The largest absolute Gasteiger partial charge is 0.479 e. The van der Waals surface area contributed by atoms with E-state index in [0.29, 0.717) is 37.7 Å². The SMILES string of the molecule is C/C=C(/C)C(=O)O[C@@H]1[C@H](OC(C)=O)[C@@]2(CO)[C@H](O)C[C@@]3(C)C(=CC[C@H]4[C@]5(C)CC[C@H](O[C@@H]6O[C@@H](C(=O)O)[C@H](O[C@H]7O[C@@H](CO)[C@H](O)[C@@H](O)[C@@H]7O)[C@@H](O)[C@@H]6O[C@@H]6O[C@@H](CO)[C@H](O)[C@@H](O)[C@@H]6O)[C@@](C)(CO)[C@@H]5CC[C@@]43C)[C@@H]2CC1(C)C. The van der Waals surface area contributed by atoms with Crippen LogP contribution in [0.3, 0.4) is 0 Å². The number of aliphatic hydroxyl groups is 12. The first-order chi connectivity index (χ1) is 36.9. The minimum Gasteiger partial charge on any atom is -0.479 e. The Hall–Kier alpha value is -2.83. The Morgan fingerprint density at radius 1 is 0.658 bits per heavy atom. The van der Waals surface area contributed by atoms with Gasteiger partial charge in [-0.1, -0.05) is 59.3 Å². The van der Waals surface area contributed by atoms with Crippen molar-refractivity contribution < 1.29 is 119 Å². The van der Waals surface area contributed by atoms with Crippen LogP contribution in [0.1, 0.15) is 107 Å². The highest BCUT2D eigenvalue weighted by Crippen LogP contribution is 2.76. The molecular weight excluding hydrogens is 1040 g/mol. The summed E-state index contributed by atoms with van der Waals surface area (Å²) in [6, 6.07) is 0. The van der Waals surface area contributed by atoms with Crippen LogP contribution in [0.4, 0.5) is 0 Å². The number of esters is 2. The van der Waals surface area contributed by atoms with E-state index in [4.69, 9.17) is 37.9 Å². The average molecular weight is 1130 g/mol. The lowest BCUT2D eigenvalue weighted by atomic mass is 9.33. The predicted molar refractivity (Wildman–Crippen MR) is 269 cm³/mol. The molecule has 5 aliphatic carbocycles. The van der Waals surface area contributed by atoms with Crippen molar-refractivity contribution in [3.63, 3.8) is 0 Å². The number of ether oxygens (including phenoxy) is 8. The quantitative estimate of drug-likeness (QED) is 0.0415. The van der Waals surface area contributed by atoms with Crippen LogP contribution in [0.15, 0.2) is 23.3 Å². The number of carbonyl (C=O) groups is 3. The molecule has 3 saturated heterocycles. The summed E-state index contributed by atoms with van der Waals surface area (Å²) in [6.45, 7) is 14.1. The van der Waals surface area contributed by atoms with Gasteiger partial charge in [0.2, 0.25) is 0 Å². The Morgan fingerprint density at radius 2 is 1.24 bits per heavy atom. The highest BCUT2D eigenvalue weighted by Gasteiger charge is 2.74. The molecule has 450 valence electrons. The van der Waals surface area contributed by atoms with Crippen molar-refractivity contribution >= 4 is 17.9 Å². The van der Waals surface area contributed by atoms with E-state index in [1.165, 1.54) is 6.92 Å². The summed E-state index contributed by atoms with van der Waals surface area (Å²) in [7, 11) is 0. The smallest absolute Gasteiger partial charge is 0.335 e. The zero-order valence-corrected chi connectivity index (χ0v) is 46.4. The van der Waals surface area contributed by atoms with E-state index < -0.39 is 199 Å². The molecule has 8 aliphatic rings. The molecule has 27 atom stereocenters. The van der Waals surface area contributed by atoms with Crippen LogP contribution < -0.4 is 0 Å². The maximum Gasteiger partial charge on any atom is 0.335 e. The van der Waals surface area contributed by atoms with E-state index in [9.17, 15) is 80.8 Å². The van der Waals surface area contributed by atoms with Crippen molar-refractivity contribution in [2.75, 3.05) is 26.4 Å². The van der Waals surface area contributed by atoms with Gasteiger partial charge in [0.25, 0.3) is 0 Å². The van der Waals surface area contributed by atoms with E-state index in [1.54, 1.807) is 19.9 Å². The molecule has 0 aromatic carbocycles. The lowest BCUT2D eigenvalue weighted by Crippen LogP contribution is -2.72. The Kier molecular flexibility index (Phi) is 17.8. The van der Waals surface area contributed by atoms with E-state index in [-0.39, 0.29) is 24.7 Å². The molecule has 3 heterocycles. The van der Waals surface area contributed by atoms with Gasteiger partial charge in [0.15, 0.2) is 25.0 Å². The van der Waals surface area contributed by atoms with E-state index in [1.807, 2.05) is 20.8 Å². The van der Waals surface area contributed by atoms with Gasteiger partial charge >= 0.3 is 17.9 Å². The second-order valence-corrected chi connectivity index (χ2v) is 25.5. The van der Waals surface area contributed by atoms with E-state index in [0.717, 1.165) is 5.57 Å². The molecule has 24 nitrogen and oxygen atoms in total. The highest BCUT2D eigenvalue weighted by atomic mass is 16.8. The molecule has 13 N–H and O–H groups in total. The first kappa shape index (κ1) is 62.2. The van der Waals surface area contributed by atoms with Crippen LogP contribution in [-0.4, -0.2) is 227 Å². The zero-order valence-electron chi connectivity index (χ0n) is 46.4. The summed E-state index contributed by atoms with van der Waals surface area (Å²) in [6.07, 6.45) is -26.5. The monoisotopic (exact) mass is 1130 g/mol. The van der Waals surface area contributed by atoms with Crippen LogP contribution in [0.25, 0.3) is 0 Å². The van der Waals surface area contributed by atoms with Gasteiger partial charge in [-0.3, -0.25) is 4.79 Å². The number of rotatable bonds is 14. The Labute approximate surface area is 459 Å². The summed E-state index contributed by atoms with van der Waals surface area (Å²) in [5.41, 5.74) is -3.78. The maximum absolute atomic E-state index is 13.4. The third-order valence-electron chi connectivity index (χ3n) is 21.1. The van der Waals surface area contributed by atoms with Gasteiger partial charge in [-0.05, 0) is 92.8 Å². The van der Waals surface area contributed by atoms with Crippen molar-refractivity contribution in [3.05, 3.63) is 23.3 Å². The molecule has 4 saturated carbocycles. The van der Waals surface area contributed by atoms with Crippen LogP contribution in [0.5, 0.6) is 0 Å². The molecule has 7 fully saturated rings. The maximum atomic E-state index is 13.4. The molecule has 0 aromatic rings. The van der Waals surface area contributed by atoms with Gasteiger partial charge in [-0.15, -0.1) is 0 Å². The highest BCUT2D eigenvalue weighted by molar-refractivity contribution is 5.87. The van der Waals surface area contributed by atoms with Crippen LogP contribution >= 0.6 is 0 Å².